The number of nitrogens with zero attached hydrogens (tertiary/aromatic N) is 1. The Kier molecular flexibility index (Phi) is 4.18. The number of anilines is 1. The van der Waals surface area contributed by atoms with Gasteiger partial charge in [-0.2, -0.15) is 0 Å². The second-order valence-corrected chi connectivity index (χ2v) is 3.79. The second kappa shape index (κ2) is 6.26. The van der Waals surface area contributed by atoms with Gasteiger partial charge in [0.05, 0.1) is 5.69 Å². The zero-order valence-electron chi connectivity index (χ0n) is 10.2. The van der Waals surface area contributed by atoms with Crippen molar-refractivity contribution in [2.24, 2.45) is 4.99 Å². The SMILES string of the molecule is Oc1ccccc1/N=C/C=C\Nc1ccccc1O. The first-order valence-corrected chi connectivity index (χ1v) is 5.79. The smallest absolute Gasteiger partial charge is 0.141 e. The van der Waals surface area contributed by atoms with Gasteiger partial charge in [0.2, 0.25) is 0 Å². The summed E-state index contributed by atoms with van der Waals surface area (Å²) in [6.45, 7) is 0. The summed E-state index contributed by atoms with van der Waals surface area (Å²) in [6.07, 6.45) is 4.89. The van der Waals surface area contributed by atoms with Crippen LogP contribution in [0.4, 0.5) is 11.4 Å². The number of allylic oxidation sites excluding steroid dienone is 1. The van der Waals surface area contributed by atoms with Gasteiger partial charge in [0.1, 0.15) is 17.2 Å². The maximum absolute atomic E-state index is 9.52. The molecule has 0 spiro atoms. The minimum Gasteiger partial charge on any atom is -0.506 e. The van der Waals surface area contributed by atoms with E-state index in [2.05, 4.69) is 10.3 Å². The third-order valence-electron chi connectivity index (χ3n) is 2.42. The molecule has 0 aliphatic carbocycles. The fourth-order valence-corrected chi connectivity index (χ4v) is 1.47. The predicted octanol–water partition coefficient (Wildman–Crippen LogP) is 3.43. The van der Waals surface area contributed by atoms with E-state index in [9.17, 15) is 10.2 Å². The second-order valence-electron chi connectivity index (χ2n) is 3.79. The van der Waals surface area contributed by atoms with Gasteiger partial charge in [-0.3, -0.25) is 4.99 Å². The molecule has 0 saturated carbocycles. The highest BCUT2D eigenvalue weighted by atomic mass is 16.3. The van der Waals surface area contributed by atoms with E-state index < -0.39 is 0 Å². The lowest BCUT2D eigenvalue weighted by atomic mass is 10.3. The van der Waals surface area contributed by atoms with E-state index in [1.54, 1.807) is 61.0 Å². The third kappa shape index (κ3) is 3.61. The molecule has 0 radical (unpaired) electrons. The zero-order valence-corrected chi connectivity index (χ0v) is 10.2. The molecule has 0 amide bonds. The molecule has 96 valence electrons. The molecule has 0 bridgehead atoms. The van der Waals surface area contributed by atoms with Crippen molar-refractivity contribution in [3.8, 4) is 11.5 Å². The van der Waals surface area contributed by atoms with E-state index in [4.69, 9.17) is 0 Å². The number of hydrogen-bond acceptors (Lipinski definition) is 4. The highest BCUT2D eigenvalue weighted by molar-refractivity contribution is 5.76. The van der Waals surface area contributed by atoms with Gasteiger partial charge in [0, 0.05) is 12.4 Å². The fourth-order valence-electron chi connectivity index (χ4n) is 1.47. The molecule has 2 aromatic rings. The minimum absolute atomic E-state index is 0.140. The topological polar surface area (TPSA) is 64.9 Å². The maximum Gasteiger partial charge on any atom is 0.141 e. The van der Waals surface area contributed by atoms with Crippen LogP contribution in [0.2, 0.25) is 0 Å². The Morgan fingerprint density at radius 2 is 1.58 bits per heavy atom. The Balaban J connectivity index is 1.94. The maximum atomic E-state index is 9.52. The molecule has 4 heteroatoms. The summed E-state index contributed by atoms with van der Waals surface area (Å²) in [5.41, 5.74) is 1.13. The molecule has 0 aliphatic heterocycles. The lowest BCUT2D eigenvalue weighted by Crippen LogP contribution is -1.87. The fraction of sp³-hybridized carbons (Fsp3) is 0. The number of phenolic OH excluding ortho intramolecular Hbond substituents is 2. The molecule has 19 heavy (non-hydrogen) atoms. The standard InChI is InChI=1S/C15H14N2O2/c18-14-8-3-1-6-12(14)16-10-5-11-17-13-7-2-4-9-15(13)19/h1-11,16,18-19H/b10-5-,17-11+. The van der Waals surface area contributed by atoms with E-state index in [1.807, 2.05) is 6.07 Å². The van der Waals surface area contributed by atoms with Crippen LogP contribution in [0, 0.1) is 0 Å². The van der Waals surface area contributed by atoms with E-state index in [0.29, 0.717) is 11.4 Å². The van der Waals surface area contributed by atoms with Crippen LogP contribution in [0.15, 0.2) is 65.8 Å². The summed E-state index contributed by atoms with van der Waals surface area (Å²) in [4.78, 5) is 4.10. The number of para-hydroxylation sites is 4. The number of aromatic hydroxyl groups is 2. The highest BCUT2D eigenvalue weighted by Gasteiger charge is 1.95. The summed E-state index contributed by atoms with van der Waals surface area (Å²) in [7, 11) is 0. The van der Waals surface area contributed by atoms with Crippen LogP contribution < -0.4 is 5.32 Å². The van der Waals surface area contributed by atoms with Crippen LogP contribution in [0.5, 0.6) is 11.5 Å². The Hall–Kier alpha value is -2.75. The van der Waals surface area contributed by atoms with E-state index >= 15 is 0 Å². The molecule has 0 fully saturated rings. The van der Waals surface area contributed by atoms with Crippen LogP contribution in [-0.4, -0.2) is 16.4 Å². The molecule has 0 heterocycles. The van der Waals surface area contributed by atoms with Gasteiger partial charge in [-0.25, -0.2) is 0 Å². The molecule has 2 aromatic carbocycles. The van der Waals surface area contributed by atoms with Gasteiger partial charge in [-0.1, -0.05) is 24.3 Å². The quantitative estimate of drug-likeness (QED) is 0.578. The molecule has 2 rings (SSSR count). The molecular weight excluding hydrogens is 240 g/mol. The largest absolute Gasteiger partial charge is 0.506 e. The summed E-state index contributed by atoms with van der Waals surface area (Å²) < 4.78 is 0. The molecule has 0 saturated heterocycles. The first kappa shape index (κ1) is 12.7. The lowest BCUT2D eigenvalue weighted by molar-refractivity contribution is 0.476. The van der Waals surface area contributed by atoms with Crippen molar-refractivity contribution in [1.29, 1.82) is 0 Å². The number of aliphatic imine (C=N–C) groups is 1. The van der Waals surface area contributed by atoms with Crippen molar-refractivity contribution in [2.45, 2.75) is 0 Å². The van der Waals surface area contributed by atoms with Crippen molar-refractivity contribution in [3.05, 3.63) is 60.8 Å². The Morgan fingerprint density at radius 3 is 2.32 bits per heavy atom. The van der Waals surface area contributed by atoms with Gasteiger partial charge in [0.15, 0.2) is 0 Å². The Labute approximate surface area is 111 Å². The predicted molar refractivity (Wildman–Crippen MR) is 77.1 cm³/mol. The molecule has 0 aliphatic rings. The summed E-state index contributed by atoms with van der Waals surface area (Å²) >= 11 is 0. The van der Waals surface area contributed by atoms with Gasteiger partial charge in [-0.05, 0) is 30.3 Å². The number of hydrogen-bond donors (Lipinski definition) is 3. The van der Waals surface area contributed by atoms with Gasteiger partial charge in [0.25, 0.3) is 0 Å². The highest BCUT2D eigenvalue weighted by Crippen LogP contribution is 2.24. The van der Waals surface area contributed by atoms with E-state index in [1.165, 1.54) is 0 Å². The Morgan fingerprint density at radius 1 is 0.895 bits per heavy atom. The molecule has 0 unspecified atom stereocenters. The monoisotopic (exact) mass is 254 g/mol. The van der Waals surface area contributed by atoms with Crippen LogP contribution in [0.3, 0.4) is 0 Å². The number of rotatable bonds is 4. The van der Waals surface area contributed by atoms with E-state index in [-0.39, 0.29) is 11.5 Å². The third-order valence-corrected chi connectivity index (χ3v) is 2.42. The first-order chi connectivity index (χ1) is 9.27. The zero-order chi connectivity index (χ0) is 13.5. The van der Waals surface area contributed by atoms with E-state index in [0.717, 1.165) is 0 Å². The summed E-state index contributed by atoms with van der Waals surface area (Å²) in [5.74, 6) is 0.325. The lowest BCUT2D eigenvalue weighted by Gasteiger charge is -2.01. The number of benzene rings is 2. The molecule has 3 N–H and O–H groups in total. The van der Waals surface area contributed by atoms with Crippen molar-refractivity contribution in [1.82, 2.24) is 0 Å². The molecule has 0 atom stereocenters. The van der Waals surface area contributed by atoms with Crippen LogP contribution in [-0.2, 0) is 0 Å². The van der Waals surface area contributed by atoms with Gasteiger partial charge in [-0.15, -0.1) is 0 Å². The molecular formula is C15H14N2O2. The number of phenols is 2. The van der Waals surface area contributed by atoms with Crippen LogP contribution >= 0.6 is 0 Å². The normalized spacial score (nSPS) is 11.2. The average molecular weight is 254 g/mol. The molecule has 0 aromatic heterocycles. The van der Waals surface area contributed by atoms with Gasteiger partial charge >= 0.3 is 0 Å². The van der Waals surface area contributed by atoms with Crippen LogP contribution in [0.1, 0.15) is 0 Å². The molecule has 4 nitrogen and oxygen atoms in total. The first-order valence-electron chi connectivity index (χ1n) is 5.79. The minimum atomic E-state index is 0.140. The van der Waals surface area contributed by atoms with Gasteiger partial charge < -0.3 is 15.5 Å². The van der Waals surface area contributed by atoms with Crippen molar-refractivity contribution in [3.63, 3.8) is 0 Å². The number of nitrogens with one attached hydrogen (secondary N) is 1. The summed E-state index contributed by atoms with van der Waals surface area (Å²) in [6, 6.07) is 13.8. The Bertz CT molecular complexity index is 607. The average Bonchev–Trinajstić information content (AvgIpc) is 2.42. The van der Waals surface area contributed by atoms with Crippen molar-refractivity contribution in [2.75, 3.05) is 5.32 Å². The van der Waals surface area contributed by atoms with Crippen LogP contribution in [0.25, 0.3) is 0 Å². The summed E-state index contributed by atoms with van der Waals surface area (Å²) in [5, 5.41) is 21.9. The van der Waals surface area contributed by atoms with Crippen molar-refractivity contribution >= 4 is 17.6 Å². The van der Waals surface area contributed by atoms with Crippen molar-refractivity contribution < 1.29 is 10.2 Å².